The minimum atomic E-state index is -0.922. The summed E-state index contributed by atoms with van der Waals surface area (Å²) in [4.78, 5) is 36.7. The lowest BCUT2D eigenvalue weighted by Gasteiger charge is -2.22. The van der Waals surface area contributed by atoms with Crippen LogP contribution in [-0.4, -0.2) is 26.7 Å². The Morgan fingerprint density at radius 2 is 1.34 bits per heavy atom. The molecular weight excluding hydrogens is 400 g/mol. The van der Waals surface area contributed by atoms with E-state index in [1.807, 2.05) is 0 Å². The van der Waals surface area contributed by atoms with E-state index >= 15 is 0 Å². The molecule has 0 atom stereocenters. The van der Waals surface area contributed by atoms with Crippen molar-refractivity contribution in [1.29, 1.82) is 0 Å². The molecule has 0 spiro atoms. The van der Waals surface area contributed by atoms with Crippen LogP contribution in [-0.2, 0) is 0 Å². The number of nitrogens with zero attached hydrogens (tertiary/aromatic N) is 1. The summed E-state index contributed by atoms with van der Waals surface area (Å²) in [6.45, 7) is 0. The maximum Gasteiger partial charge on any atom is 0.281 e. The second kappa shape index (κ2) is 6.61. The smallest absolute Gasteiger partial charge is 0.281 e. The maximum atomic E-state index is 13.2. The van der Waals surface area contributed by atoms with E-state index in [0.717, 1.165) is 12.1 Å². The number of fused-ring (bicyclic) bond motifs is 2. The van der Waals surface area contributed by atoms with Crippen LogP contribution < -0.4 is 5.32 Å². The topological polar surface area (TPSA) is 130 Å². The van der Waals surface area contributed by atoms with Crippen molar-refractivity contribution in [3.8, 4) is 11.5 Å². The summed E-state index contributed by atoms with van der Waals surface area (Å²) in [5.41, 5.74) is -1.46. The number of nitro benzene ring substituents is 1. The molecule has 0 saturated heterocycles. The highest BCUT2D eigenvalue weighted by molar-refractivity contribution is 6.33. The van der Waals surface area contributed by atoms with Gasteiger partial charge in [-0.1, -0.05) is 11.6 Å². The van der Waals surface area contributed by atoms with Crippen molar-refractivity contribution in [1.82, 2.24) is 0 Å². The van der Waals surface area contributed by atoms with Gasteiger partial charge in [0.2, 0.25) is 11.6 Å². The van der Waals surface area contributed by atoms with Crippen LogP contribution in [0.15, 0.2) is 48.5 Å². The second-order valence-electron chi connectivity index (χ2n) is 6.28. The zero-order valence-corrected chi connectivity index (χ0v) is 15.2. The van der Waals surface area contributed by atoms with Gasteiger partial charge in [0.05, 0.1) is 27.3 Å². The Kier molecular flexibility index (Phi) is 4.20. The summed E-state index contributed by atoms with van der Waals surface area (Å²) < 4.78 is 0. The van der Waals surface area contributed by atoms with Gasteiger partial charge in [-0.05, 0) is 42.5 Å². The summed E-state index contributed by atoms with van der Waals surface area (Å²) >= 11 is 5.86. The van der Waals surface area contributed by atoms with Gasteiger partial charge in [-0.2, -0.15) is 0 Å². The first-order valence-corrected chi connectivity index (χ1v) is 8.65. The van der Waals surface area contributed by atoms with Gasteiger partial charge in [-0.25, -0.2) is 0 Å². The molecule has 0 radical (unpaired) electrons. The Morgan fingerprint density at radius 1 is 0.793 bits per heavy atom. The van der Waals surface area contributed by atoms with Crippen molar-refractivity contribution in [2.24, 2.45) is 0 Å². The molecule has 1 aliphatic rings. The second-order valence-corrected chi connectivity index (χ2v) is 6.72. The molecule has 0 bridgehead atoms. The van der Waals surface area contributed by atoms with Gasteiger partial charge in [-0.15, -0.1) is 0 Å². The summed E-state index contributed by atoms with van der Waals surface area (Å²) in [6.07, 6.45) is 0. The average molecular weight is 411 g/mol. The Balaban J connectivity index is 1.95. The highest BCUT2D eigenvalue weighted by Gasteiger charge is 2.40. The fourth-order valence-corrected chi connectivity index (χ4v) is 3.42. The Morgan fingerprint density at radius 3 is 1.97 bits per heavy atom. The minimum absolute atomic E-state index is 0.187. The molecule has 29 heavy (non-hydrogen) atoms. The lowest BCUT2D eigenvalue weighted by atomic mass is 9.81. The summed E-state index contributed by atoms with van der Waals surface area (Å²) in [5.74, 6) is -2.80. The van der Waals surface area contributed by atoms with Crippen LogP contribution in [0.4, 0.5) is 17.1 Å². The SMILES string of the molecule is O=C1c2c(O)ccc([N+](=O)[O-])c2C(=O)c2c(O)ccc(Nc3ccc(Cl)cc3)c21. The van der Waals surface area contributed by atoms with Gasteiger partial charge in [0, 0.05) is 16.8 Å². The number of phenols is 2. The maximum absolute atomic E-state index is 13.2. The van der Waals surface area contributed by atoms with Crippen LogP contribution in [0.25, 0.3) is 0 Å². The average Bonchev–Trinajstić information content (AvgIpc) is 2.68. The van der Waals surface area contributed by atoms with Crippen LogP contribution in [0.5, 0.6) is 11.5 Å². The number of halogens is 1. The standard InChI is InChI=1S/C20H11ClN2O6/c21-9-1-3-10(4-2-9)22-11-5-7-13(24)17-15(11)19(26)18-14(25)8-6-12(23(28)29)16(18)20(17)27/h1-8,22,24-25H. The van der Waals surface area contributed by atoms with E-state index in [2.05, 4.69) is 5.32 Å². The lowest BCUT2D eigenvalue weighted by molar-refractivity contribution is -0.385. The molecule has 0 saturated carbocycles. The zero-order valence-electron chi connectivity index (χ0n) is 14.5. The van der Waals surface area contributed by atoms with Gasteiger partial charge in [0.25, 0.3) is 5.69 Å². The molecule has 1 aliphatic carbocycles. The van der Waals surface area contributed by atoms with Crippen molar-refractivity contribution < 1.29 is 24.7 Å². The minimum Gasteiger partial charge on any atom is -0.507 e. The molecule has 8 nitrogen and oxygen atoms in total. The van der Waals surface area contributed by atoms with Gasteiger partial charge < -0.3 is 15.5 Å². The summed E-state index contributed by atoms with van der Waals surface area (Å²) in [7, 11) is 0. The van der Waals surface area contributed by atoms with Crippen molar-refractivity contribution >= 4 is 40.2 Å². The van der Waals surface area contributed by atoms with Gasteiger partial charge in [-0.3, -0.25) is 19.7 Å². The lowest BCUT2D eigenvalue weighted by Crippen LogP contribution is -2.23. The largest absolute Gasteiger partial charge is 0.507 e. The number of nitrogens with one attached hydrogen (secondary N) is 1. The highest BCUT2D eigenvalue weighted by atomic mass is 35.5. The third-order valence-corrected chi connectivity index (χ3v) is 4.82. The van der Waals surface area contributed by atoms with Gasteiger partial charge in [0.15, 0.2) is 0 Å². The van der Waals surface area contributed by atoms with Gasteiger partial charge in [0.1, 0.15) is 17.1 Å². The number of carbonyl (C=O) groups is 2. The fourth-order valence-electron chi connectivity index (χ4n) is 3.29. The van der Waals surface area contributed by atoms with Crippen molar-refractivity contribution in [2.45, 2.75) is 0 Å². The first kappa shape index (κ1) is 18.5. The first-order chi connectivity index (χ1) is 13.8. The number of benzene rings is 3. The van der Waals surface area contributed by atoms with E-state index in [4.69, 9.17) is 11.6 Å². The Bertz CT molecular complexity index is 1220. The number of anilines is 2. The van der Waals surface area contributed by atoms with E-state index in [-0.39, 0.29) is 16.8 Å². The number of hydrogen-bond donors (Lipinski definition) is 3. The summed E-state index contributed by atoms with van der Waals surface area (Å²) in [6, 6.07) is 11.1. The molecule has 0 aromatic heterocycles. The summed E-state index contributed by atoms with van der Waals surface area (Å²) in [5, 5.41) is 35.2. The molecule has 0 fully saturated rings. The predicted molar refractivity (Wildman–Crippen MR) is 104 cm³/mol. The number of rotatable bonds is 3. The molecular formula is C20H11ClN2O6. The fraction of sp³-hybridized carbons (Fsp3) is 0. The van der Waals surface area contributed by atoms with E-state index in [9.17, 15) is 29.9 Å². The molecule has 0 aliphatic heterocycles. The predicted octanol–water partition coefficient (Wildman–Crippen LogP) is 4.18. The van der Waals surface area contributed by atoms with E-state index in [0.29, 0.717) is 10.7 Å². The molecule has 3 aromatic carbocycles. The number of phenolic OH excluding ortho intramolecular Hbond substituents is 2. The number of carbonyl (C=O) groups excluding carboxylic acids is 2. The van der Waals surface area contributed by atoms with Crippen LogP contribution >= 0.6 is 11.6 Å². The first-order valence-electron chi connectivity index (χ1n) is 8.28. The zero-order chi connectivity index (χ0) is 20.9. The molecule has 3 N–H and O–H groups in total. The normalized spacial score (nSPS) is 12.3. The van der Waals surface area contributed by atoms with Crippen LogP contribution in [0.2, 0.25) is 5.02 Å². The third kappa shape index (κ3) is 2.86. The van der Waals surface area contributed by atoms with E-state index < -0.39 is 44.8 Å². The van der Waals surface area contributed by atoms with Crippen molar-refractivity contribution in [3.05, 3.63) is 85.9 Å². The molecule has 9 heteroatoms. The van der Waals surface area contributed by atoms with Gasteiger partial charge >= 0.3 is 0 Å². The van der Waals surface area contributed by atoms with Crippen LogP contribution in [0.3, 0.4) is 0 Å². The van der Waals surface area contributed by atoms with Crippen LogP contribution in [0, 0.1) is 10.1 Å². The number of aromatic hydroxyl groups is 2. The Labute approximate surface area is 168 Å². The van der Waals surface area contributed by atoms with Crippen LogP contribution in [0.1, 0.15) is 31.8 Å². The number of hydrogen-bond acceptors (Lipinski definition) is 7. The highest BCUT2D eigenvalue weighted by Crippen LogP contribution is 2.43. The Hall–Kier alpha value is -3.91. The quantitative estimate of drug-likeness (QED) is 0.262. The number of ketones is 2. The van der Waals surface area contributed by atoms with E-state index in [1.54, 1.807) is 24.3 Å². The molecule has 4 rings (SSSR count). The monoisotopic (exact) mass is 410 g/mol. The molecule has 0 unspecified atom stereocenters. The third-order valence-electron chi connectivity index (χ3n) is 4.57. The number of nitro groups is 1. The molecule has 3 aromatic rings. The van der Waals surface area contributed by atoms with Crippen molar-refractivity contribution in [3.63, 3.8) is 0 Å². The van der Waals surface area contributed by atoms with E-state index in [1.165, 1.54) is 12.1 Å². The molecule has 0 heterocycles. The molecule has 0 amide bonds. The molecule has 144 valence electrons. The van der Waals surface area contributed by atoms with Crippen molar-refractivity contribution in [2.75, 3.05) is 5.32 Å².